The summed E-state index contributed by atoms with van der Waals surface area (Å²) >= 11 is 0. The SMILES string of the molecule is Cc1ccccc1NC(=O)OC(C)(C)C. The van der Waals surface area contributed by atoms with Gasteiger partial charge in [0.05, 0.1) is 0 Å². The molecule has 0 aliphatic carbocycles. The number of carbonyl (C=O) groups is 1. The molecule has 1 rings (SSSR count). The van der Waals surface area contributed by atoms with Crippen LogP contribution in [0.5, 0.6) is 0 Å². The normalized spacial score (nSPS) is 10.9. The molecule has 1 aromatic carbocycles. The number of carbonyl (C=O) groups excluding carboxylic acids is 1. The van der Waals surface area contributed by atoms with Gasteiger partial charge in [0.15, 0.2) is 0 Å². The van der Waals surface area contributed by atoms with Crippen molar-refractivity contribution in [3.05, 3.63) is 29.8 Å². The minimum atomic E-state index is -0.466. The molecule has 0 aromatic heterocycles. The quantitative estimate of drug-likeness (QED) is 0.767. The van der Waals surface area contributed by atoms with Crippen LogP contribution in [0.2, 0.25) is 0 Å². The number of nitrogens with one attached hydrogen (secondary N) is 1. The fraction of sp³-hybridized carbons (Fsp3) is 0.417. The van der Waals surface area contributed by atoms with Crippen LogP contribution in [0.3, 0.4) is 0 Å². The van der Waals surface area contributed by atoms with E-state index in [1.807, 2.05) is 52.0 Å². The van der Waals surface area contributed by atoms with Gasteiger partial charge in [-0.1, -0.05) is 18.2 Å². The van der Waals surface area contributed by atoms with Crippen LogP contribution in [0, 0.1) is 6.92 Å². The number of rotatable bonds is 1. The molecular weight excluding hydrogens is 190 g/mol. The number of aryl methyl sites for hydroxylation is 1. The Balaban J connectivity index is 2.64. The van der Waals surface area contributed by atoms with Gasteiger partial charge in [-0.05, 0) is 39.3 Å². The van der Waals surface area contributed by atoms with Crippen molar-refractivity contribution in [1.82, 2.24) is 0 Å². The Morgan fingerprint density at radius 3 is 2.40 bits per heavy atom. The number of para-hydroxylation sites is 1. The first kappa shape index (κ1) is 11.6. The maximum absolute atomic E-state index is 11.4. The summed E-state index contributed by atoms with van der Waals surface area (Å²) in [6, 6.07) is 7.58. The summed E-state index contributed by atoms with van der Waals surface area (Å²) in [5.41, 5.74) is 1.34. The molecule has 1 amide bonds. The third-order valence-electron chi connectivity index (χ3n) is 1.78. The van der Waals surface area contributed by atoms with Gasteiger partial charge in [0.1, 0.15) is 5.60 Å². The van der Waals surface area contributed by atoms with Crippen molar-refractivity contribution in [2.75, 3.05) is 5.32 Å². The first-order chi connectivity index (χ1) is 6.88. The van der Waals surface area contributed by atoms with Crippen molar-refractivity contribution in [1.29, 1.82) is 0 Å². The summed E-state index contributed by atoms with van der Waals surface area (Å²) in [4.78, 5) is 11.4. The predicted molar refractivity (Wildman–Crippen MR) is 61.0 cm³/mol. The lowest BCUT2D eigenvalue weighted by molar-refractivity contribution is 0.0636. The molecule has 0 spiro atoms. The zero-order chi connectivity index (χ0) is 11.5. The van der Waals surface area contributed by atoms with E-state index in [-0.39, 0.29) is 0 Å². The first-order valence-corrected chi connectivity index (χ1v) is 4.94. The van der Waals surface area contributed by atoms with E-state index >= 15 is 0 Å². The standard InChI is InChI=1S/C12H17NO2/c1-9-7-5-6-8-10(9)13-11(14)15-12(2,3)4/h5-8H,1-4H3,(H,13,14). The van der Waals surface area contributed by atoms with Crippen LogP contribution in [-0.4, -0.2) is 11.7 Å². The molecule has 0 bridgehead atoms. The van der Waals surface area contributed by atoms with Gasteiger partial charge in [-0.2, -0.15) is 0 Å². The van der Waals surface area contributed by atoms with Crippen molar-refractivity contribution in [2.24, 2.45) is 0 Å². The number of hydrogen-bond donors (Lipinski definition) is 1. The zero-order valence-corrected chi connectivity index (χ0v) is 9.63. The van der Waals surface area contributed by atoms with Gasteiger partial charge in [-0.15, -0.1) is 0 Å². The Morgan fingerprint density at radius 1 is 1.27 bits per heavy atom. The average Bonchev–Trinajstić information content (AvgIpc) is 2.05. The molecule has 0 saturated carbocycles. The van der Waals surface area contributed by atoms with Crippen LogP contribution in [0.1, 0.15) is 26.3 Å². The fourth-order valence-corrected chi connectivity index (χ4v) is 1.13. The van der Waals surface area contributed by atoms with E-state index in [1.165, 1.54) is 0 Å². The minimum Gasteiger partial charge on any atom is -0.444 e. The molecule has 0 aliphatic heterocycles. The molecule has 82 valence electrons. The van der Waals surface area contributed by atoms with Gasteiger partial charge in [-0.25, -0.2) is 4.79 Å². The summed E-state index contributed by atoms with van der Waals surface area (Å²) in [5.74, 6) is 0. The van der Waals surface area contributed by atoms with Crippen LogP contribution in [0.25, 0.3) is 0 Å². The van der Waals surface area contributed by atoms with Crippen molar-refractivity contribution in [3.8, 4) is 0 Å². The molecular formula is C12H17NO2. The summed E-state index contributed by atoms with van der Waals surface area (Å²) in [6.45, 7) is 7.45. The average molecular weight is 207 g/mol. The van der Waals surface area contributed by atoms with E-state index in [2.05, 4.69) is 5.32 Å². The van der Waals surface area contributed by atoms with Gasteiger partial charge >= 0.3 is 6.09 Å². The van der Waals surface area contributed by atoms with Gasteiger partial charge in [0, 0.05) is 5.69 Å². The number of hydrogen-bond acceptors (Lipinski definition) is 2. The van der Waals surface area contributed by atoms with Crippen molar-refractivity contribution in [3.63, 3.8) is 0 Å². The summed E-state index contributed by atoms with van der Waals surface area (Å²) in [7, 11) is 0. The second kappa shape index (κ2) is 4.34. The van der Waals surface area contributed by atoms with E-state index in [9.17, 15) is 4.79 Å². The highest BCUT2D eigenvalue weighted by Crippen LogP contribution is 2.15. The Hall–Kier alpha value is -1.51. The number of ether oxygens (including phenoxy) is 1. The Morgan fingerprint density at radius 2 is 1.87 bits per heavy atom. The predicted octanol–water partition coefficient (Wildman–Crippen LogP) is 3.34. The van der Waals surface area contributed by atoms with Gasteiger partial charge < -0.3 is 4.74 Å². The lowest BCUT2D eigenvalue weighted by Crippen LogP contribution is -2.27. The summed E-state index contributed by atoms with van der Waals surface area (Å²) < 4.78 is 5.15. The Bertz CT molecular complexity index is 353. The van der Waals surface area contributed by atoms with E-state index < -0.39 is 11.7 Å². The second-order valence-corrected chi connectivity index (χ2v) is 4.44. The van der Waals surface area contributed by atoms with Gasteiger partial charge in [0.25, 0.3) is 0 Å². The topological polar surface area (TPSA) is 38.3 Å². The lowest BCUT2D eigenvalue weighted by atomic mass is 10.2. The lowest BCUT2D eigenvalue weighted by Gasteiger charge is -2.20. The third kappa shape index (κ3) is 4.02. The van der Waals surface area contributed by atoms with Crippen molar-refractivity contribution < 1.29 is 9.53 Å². The molecule has 0 atom stereocenters. The molecule has 3 nitrogen and oxygen atoms in total. The molecule has 1 aromatic rings. The monoisotopic (exact) mass is 207 g/mol. The van der Waals surface area contributed by atoms with Crippen LogP contribution < -0.4 is 5.32 Å². The fourth-order valence-electron chi connectivity index (χ4n) is 1.13. The molecule has 0 radical (unpaired) electrons. The maximum atomic E-state index is 11.4. The zero-order valence-electron chi connectivity index (χ0n) is 9.63. The minimum absolute atomic E-state index is 0.420. The van der Waals surface area contributed by atoms with E-state index in [0.29, 0.717) is 0 Å². The van der Waals surface area contributed by atoms with Crippen LogP contribution >= 0.6 is 0 Å². The van der Waals surface area contributed by atoms with E-state index in [0.717, 1.165) is 11.3 Å². The second-order valence-electron chi connectivity index (χ2n) is 4.44. The van der Waals surface area contributed by atoms with E-state index in [4.69, 9.17) is 4.74 Å². The van der Waals surface area contributed by atoms with Crippen LogP contribution in [0.4, 0.5) is 10.5 Å². The molecule has 3 heteroatoms. The Labute approximate surface area is 90.4 Å². The number of benzene rings is 1. The molecule has 1 N–H and O–H groups in total. The number of amides is 1. The van der Waals surface area contributed by atoms with Crippen molar-refractivity contribution in [2.45, 2.75) is 33.3 Å². The smallest absolute Gasteiger partial charge is 0.412 e. The molecule has 0 fully saturated rings. The Kier molecular flexibility index (Phi) is 3.35. The molecule has 0 aliphatic rings. The van der Waals surface area contributed by atoms with E-state index in [1.54, 1.807) is 0 Å². The van der Waals surface area contributed by atoms with Gasteiger partial charge in [-0.3, -0.25) is 5.32 Å². The molecule has 15 heavy (non-hydrogen) atoms. The van der Waals surface area contributed by atoms with Crippen LogP contribution in [0.15, 0.2) is 24.3 Å². The summed E-state index contributed by atoms with van der Waals surface area (Å²) in [6.07, 6.45) is -0.420. The maximum Gasteiger partial charge on any atom is 0.412 e. The molecule has 0 unspecified atom stereocenters. The van der Waals surface area contributed by atoms with Crippen LogP contribution in [-0.2, 0) is 4.74 Å². The highest BCUT2D eigenvalue weighted by molar-refractivity contribution is 5.85. The highest BCUT2D eigenvalue weighted by atomic mass is 16.6. The first-order valence-electron chi connectivity index (χ1n) is 4.94. The van der Waals surface area contributed by atoms with Gasteiger partial charge in [0.2, 0.25) is 0 Å². The number of anilines is 1. The largest absolute Gasteiger partial charge is 0.444 e. The molecule has 0 heterocycles. The summed E-state index contributed by atoms with van der Waals surface area (Å²) in [5, 5.41) is 2.71. The van der Waals surface area contributed by atoms with Crippen molar-refractivity contribution >= 4 is 11.8 Å². The highest BCUT2D eigenvalue weighted by Gasteiger charge is 2.16. The third-order valence-corrected chi connectivity index (χ3v) is 1.78. The molecule has 0 saturated heterocycles.